The highest BCUT2D eigenvalue weighted by Crippen LogP contribution is 2.22. The van der Waals surface area contributed by atoms with Crippen molar-refractivity contribution >= 4 is 46.0 Å². The first-order valence-electron chi connectivity index (χ1n) is 10.5. The molecule has 1 unspecified atom stereocenters. The van der Waals surface area contributed by atoms with Gasteiger partial charge in [-0.3, -0.25) is 18.6 Å². The fraction of sp³-hybridized carbons (Fsp3) is 0.304. The van der Waals surface area contributed by atoms with Gasteiger partial charge in [-0.15, -0.1) is 10.2 Å². The van der Waals surface area contributed by atoms with Crippen molar-refractivity contribution in [3.05, 3.63) is 69.5 Å². The van der Waals surface area contributed by atoms with Crippen molar-refractivity contribution < 1.29 is 9.53 Å². The SMILES string of the molecule is COCCCn1c(=O)c2ccccc2n2c(SCC(=O)NC(C)c3ccc(Cl)cc3)nnc12. The minimum absolute atomic E-state index is 0.118. The normalized spacial score (nSPS) is 12.3. The average molecular weight is 486 g/mol. The fourth-order valence-electron chi connectivity index (χ4n) is 3.64. The van der Waals surface area contributed by atoms with Gasteiger partial charge in [-0.2, -0.15) is 0 Å². The molecule has 1 atom stereocenters. The van der Waals surface area contributed by atoms with Gasteiger partial charge in [-0.25, -0.2) is 0 Å². The van der Waals surface area contributed by atoms with E-state index in [0.717, 1.165) is 5.56 Å². The maximum atomic E-state index is 13.1. The van der Waals surface area contributed by atoms with Gasteiger partial charge in [0.25, 0.3) is 5.56 Å². The predicted octanol–water partition coefficient (Wildman–Crippen LogP) is 3.70. The van der Waals surface area contributed by atoms with E-state index in [4.69, 9.17) is 16.3 Å². The van der Waals surface area contributed by atoms with Gasteiger partial charge < -0.3 is 10.1 Å². The van der Waals surface area contributed by atoms with Crippen LogP contribution in [0.4, 0.5) is 0 Å². The number of benzene rings is 2. The van der Waals surface area contributed by atoms with Crippen LogP contribution < -0.4 is 10.9 Å². The molecule has 4 aromatic rings. The molecule has 2 aromatic carbocycles. The molecule has 0 fully saturated rings. The molecule has 172 valence electrons. The van der Waals surface area contributed by atoms with E-state index in [-0.39, 0.29) is 23.3 Å². The molecule has 4 rings (SSSR count). The Hall–Kier alpha value is -2.88. The molecule has 33 heavy (non-hydrogen) atoms. The summed E-state index contributed by atoms with van der Waals surface area (Å²) in [4.78, 5) is 25.7. The van der Waals surface area contributed by atoms with E-state index in [2.05, 4.69) is 15.5 Å². The highest BCUT2D eigenvalue weighted by atomic mass is 35.5. The van der Waals surface area contributed by atoms with E-state index in [1.807, 2.05) is 41.7 Å². The second-order valence-electron chi connectivity index (χ2n) is 7.57. The van der Waals surface area contributed by atoms with Crippen molar-refractivity contribution in [2.45, 2.75) is 31.1 Å². The monoisotopic (exact) mass is 485 g/mol. The molecule has 0 saturated carbocycles. The lowest BCUT2D eigenvalue weighted by molar-refractivity contribution is -0.119. The van der Waals surface area contributed by atoms with Crippen molar-refractivity contribution in [3.63, 3.8) is 0 Å². The predicted molar refractivity (Wildman–Crippen MR) is 130 cm³/mol. The number of hydrogen-bond acceptors (Lipinski definition) is 6. The first-order valence-corrected chi connectivity index (χ1v) is 11.9. The molecule has 1 amide bonds. The van der Waals surface area contributed by atoms with Gasteiger partial charge in [0.15, 0.2) is 5.16 Å². The van der Waals surface area contributed by atoms with Gasteiger partial charge in [-0.1, -0.05) is 47.6 Å². The molecule has 0 saturated heterocycles. The molecule has 10 heteroatoms. The second-order valence-corrected chi connectivity index (χ2v) is 8.95. The third-order valence-electron chi connectivity index (χ3n) is 5.29. The standard InChI is InChI=1S/C23H24ClN5O3S/c1-15(16-8-10-17(24)11-9-16)25-20(30)14-33-23-27-26-22-28(12-5-13-32-2)21(31)18-6-3-4-7-19(18)29(22)23/h3-4,6-11,15H,5,12-14H2,1-2H3,(H,25,30). The van der Waals surface area contributed by atoms with E-state index in [0.29, 0.717) is 46.4 Å². The van der Waals surface area contributed by atoms with Crippen LogP contribution in [-0.2, 0) is 16.1 Å². The first kappa shape index (κ1) is 23.3. The second kappa shape index (κ2) is 10.4. The van der Waals surface area contributed by atoms with Crippen LogP contribution in [-0.4, -0.2) is 44.5 Å². The van der Waals surface area contributed by atoms with Gasteiger partial charge >= 0.3 is 0 Å². The fourth-order valence-corrected chi connectivity index (χ4v) is 4.52. The number of ether oxygens (including phenoxy) is 1. The first-order chi connectivity index (χ1) is 16.0. The molecule has 8 nitrogen and oxygen atoms in total. The van der Waals surface area contributed by atoms with Gasteiger partial charge in [0, 0.05) is 25.3 Å². The maximum Gasteiger partial charge on any atom is 0.262 e. The summed E-state index contributed by atoms with van der Waals surface area (Å²) in [6, 6.07) is 14.6. The quantitative estimate of drug-likeness (QED) is 0.287. The van der Waals surface area contributed by atoms with E-state index in [9.17, 15) is 9.59 Å². The number of halogens is 1. The number of nitrogens with zero attached hydrogens (tertiary/aromatic N) is 4. The molecule has 0 aliphatic carbocycles. The number of nitrogens with one attached hydrogen (secondary N) is 1. The summed E-state index contributed by atoms with van der Waals surface area (Å²) in [5.74, 6) is 0.486. The summed E-state index contributed by atoms with van der Waals surface area (Å²) in [5.41, 5.74) is 1.56. The average Bonchev–Trinajstić information content (AvgIpc) is 3.24. The van der Waals surface area contributed by atoms with Crippen LogP contribution in [0, 0.1) is 0 Å². The van der Waals surface area contributed by atoms with Gasteiger partial charge in [0.2, 0.25) is 11.7 Å². The minimum Gasteiger partial charge on any atom is -0.385 e. The number of rotatable bonds is 9. The van der Waals surface area contributed by atoms with Crippen LogP contribution >= 0.6 is 23.4 Å². The molecule has 0 spiro atoms. The van der Waals surface area contributed by atoms with Crippen LogP contribution in [0.15, 0.2) is 58.5 Å². The van der Waals surface area contributed by atoms with Gasteiger partial charge in [-0.05, 0) is 43.2 Å². The largest absolute Gasteiger partial charge is 0.385 e. The molecule has 0 radical (unpaired) electrons. The molecule has 1 N–H and O–H groups in total. The Morgan fingerprint density at radius 2 is 1.94 bits per heavy atom. The Balaban J connectivity index is 1.57. The lowest BCUT2D eigenvalue weighted by atomic mass is 10.1. The van der Waals surface area contributed by atoms with Crippen LogP contribution in [0.5, 0.6) is 0 Å². The molecule has 0 aliphatic heterocycles. The number of hydrogen-bond donors (Lipinski definition) is 1. The number of aryl methyl sites for hydroxylation is 1. The van der Waals surface area contributed by atoms with Crippen LogP contribution in [0.1, 0.15) is 24.9 Å². The zero-order valence-corrected chi connectivity index (χ0v) is 19.9. The molecule has 0 bridgehead atoms. The van der Waals surface area contributed by atoms with Crippen molar-refractivity contribution in [2.75, 3.05) is 19.5 Å². The maximum absolute atomic E-state index is 13.1. The van der Waals surface area contributed by atoms with Crippen LogP contribution in [0.25, 0.3) is 16.7 Å². The van der Waals surface area contributed by atoms with Gasteiger partial charge in [0.05, 0.1) is 22.7 Å². The summed E-state index contributed by atoms with van der Waals surface area (Å²) < 4.78 is 8.58. The lowest BCUT2D eigenvalue weighted by Crippen LogP contribution is -2.28. The van der Waals surface area contributed by atoms with Gasteiger partial charge in [0.1, 0.15) is 0 Å². The number of aromatic nitrogens is 4. The summed E-state index contributed by atoms with van der Waals surface area (Å²) in [6.07, 6.45) is 0.671. The number of carbonyl (C=O) groups is 1. The minimum atomic E-state index is -0.155. The van der Waals surface area contributed by atoms with E-state index < -0.39 is 0 Å². The topological polar surface area (TPSA) is 90.5 Å². The third kappa shape index (κ3) is 5.05. The smallest absolute Gasteiger partial charge is 0.262 e. The van der Waals surface area contributed by atoms with Crippen molar-refractivity contribution in [1.82, 2.24) is 24.5 Å². The number of carbonyl (C=O) groups excluding carboxylic acids is 1. The number of fused-ring (bicyclic) bond motifs is 3. The Morgan fingerprint density at radius 3 is 2.70 bits per heavy atom. The Bertz CT molecular complexity index is 1340. The molecule has 2 aromatic heterocycles. The van der Waals surface area contributed by atoms with Crippen molar-refractivity contribution in [1.29, 1.82) is 0 Å². The highest BCUT2D eigenvalue weighted by molar-refractivity contribution is 7.99. The van der Waals surface area contributed by atoms with Crippen LogP contribution in [0.3, 0.4) is 0 Å². The summed E-state index contributed by atoms with van der Waals surface area (Å²) in [5, 5.41) is 13.3. The van der Waals surface area contributed by atoms with E-state index >= 15 is 0 Å². The lowest BCUT2D eigenvalue weighted by Gasteiger charge is -2.14. The molecular formula is C23H24ClN5O3S. The number of amides is 1. The Morgan fingerprint density at radius 1 is 1.18 bits per heavy atom. The van der Waals surface area contributed by atoms with Crippen molar-refractivity contribution in [2.24, 2.45) is 0 Å². The van der Waals surface area contributed by atoms with E-state index in [1.165, 1.54) is 11.8 Å². The Kier molecular flexibility index (Phi) is 7.32. The molecule has 2 heterocycles. The van der Waals surface area contributed by atoms with Crippen molar-refractivity contribution in [3.8, 4) is 0 Å². The summed E-state index contributed by atoms with van der Waals surface area (Å²) in [7, 11) is 1.63. The highest BCUT2D eigenvalue weighted by Gasteiger charge is 2.18. The molecule has 0 aliphatic rings. The summed E-state index contributed by atoms with van der Waals surface area (Å²) in [6.45, 7) is 2.92. The van der Waals surface area contributed by atoms with Crippen LogP contribution in [0.2, 0.25) is 5.02 Å². The molecular weight excluding hydrogens is 462 g/mol. The summed E-state index contributed by atoms with van der Waals surface area (Å²) >= 11 is 7.22. The number of para-hydroxylation sites is 1. The zero-order chi connectivity index (χ0) is 23.4. The number of thioether (sulfide) groups is 1. The Labute approximate surface area is 199 Å². The zero-order valence-electron chi connectivity index (χ0n) is 18.3. The third-order valence-corrected chi connectivity index (χ3v) is 6.47. The number of methoxy groups -OCH3 is 1. The van der Waals surface area contributed by atoms with E-state index in [1.54, 1.807) is 29.9 Å².